The van der Waals surface area contributed by atoms with Crippen molar-refractivity contribution in [3.8, 4) is 11.5 Å². The molecule has 0 aliphatic carbocycles. The van der Waals surface area contributed by atoms with E-state index in [0.717, 1.165) is 30.0 Å². The highest BCUT2D eigenvalue weighted by Crippen LogP contribution is 2.39. The second-order valence-electron chi connectivity index (χ2n) is 5.18. The third-order valence-corrected chi connectivity index (χ3v) is 4.01. The molecule has 0 radical (unpaired) electrons. The topological polar surface area (TPSA) is 30.5 Å². The van der Waals surface area contributed by atoms with Gasteiger partial charge in [-0.2, -0.15) is 0 Å². The molecule has 2 rings (SSSR count). The summed E-state index contributed by atoms with van der Waals surface area (Å²) in [6, 6.07) is 4.19. The van der Waals surface area contributed by atoms with Crippen molar-refractivity contribution in [3.63, 3.8) is 0 Å². The quantitative estimate of drug-likeness (QED) is 0.821. The number of fused-ring (bicyclic) bond motifs is 1. The van der Waals surface area contributed by atoms with Gasteiger partial charge in [-0.05, 0) is 18.8 Å². The first-order chi connectivity index (χ1) is 9.13. The van der Waals surface area contributed by atoms with E-state index >= 15 is 0 Å². The van der Waals surface area contributed by atoms with E-state index in [9.17, 15) is 0 Å². The van der Waals surface area contributed by atoms with Gasteiger partial charge in [0.25, 0.3) is 0 Å². The molecule has 0 fully saturated rings. The molecule has 1 N–H and O–H groups in total. The molecule has 1 aromatic carbocycles. The Morgan fingerprint density at radius 1 is 1.21 bits per heavy atom. The number of hydrogen-bond donors (Lipinski definition) is 1. The highest BCUT2D eigenvalue weighted by atomic mass is 35.5. The fourth-order valence-corrected chi connectivity index (χ4v) is 2.44. The third-order valence-electron chi connectivity index (χ3n) is 3.70. The highest BCUT2D eigenvalue weighted by Gasteiger charge is 2.18. The summed E-state index contributed by atoms with van der Waals surface area (Å²) in [7, 11) is 0. The van der Waals surface area contributed by atoms with Gasteiger partial charge in [0.05, 0.1) is 10.7 Å². The average Bonchev–Trinajstić information content (AvgIpc) is 2.84. The zero-order chi connectivity index (χ0) is 13.8. The smallest absolute Gasteiger partial charge is 0.231 e. The lowest BCUT2D eigenvalue weighted by atomic mass is 9.97. The van der Waals surface area contributed by atoms with Crippen molar-refractivity contribution < 1.29 is 9.47 Å². The highest BCUT2D eigenvalue weighted by molar-refractivity contribution is 6.33. The van der Waals surface area contributed by atoms with Crippen LogP contribution in [-0.2, 0) is 0 Å². The Hall–Kier alpha value is -1.09. The molecule has 2 atom stereocenters. The predicted molar refractivity (Wildman–Crippen MR) is 79.3 cm³/mol. The molecule has 0 saturated carbocycles. The van der Waals surface area contributed by atoms with Crippen LogP contribution in [-0.4, -0.2) is 12.8 Å². The molecule has 0 saturated heterocycles. The molecule has 0 aromatic heterocycles. The van der Waals surface area contributed by atoms with Gasteiger partial charge in [-0.3, -0.25) is 0 Å². The number of halogens is 1. The lowest BCUT2D eigenvalue weighted by molar-refractivity contribution is 0.174. The normalized spacial score (nSPS) is 16.2. The summed E-state index contributed by atoms with van der Waals surface area (Å²) in [6.45, 7) is 6.98. The van der Waals surface area contributed by atoms with Gasteiger partial charge >= 0.3 is 0 Å². The Morgan fingerprint density at radius 3 is 2.53 bits per heavy atom. The third kappa shape index (κ3) is 3.47. The Bertz CT molecular complexity index is 436. The molecule has 0 amide bonds. The maximum absolute atomic E-state index is 6.28. The molecule has 1 aliphatic rings. The van der Waals surface area contributed by atoms with Crippen LogP contribution >= 0.6 is 11.6 Å². The van der Waals surface area contributed by atoms with Crippen LogP contribution < -0.4 is 14.8 Å². The van der Waals surface area contributed by atoms with E-state index in [2.05, 4.69) is 26.1 Å². The molecule has 1 aliphatic heterocycles. The van der Waals surface area contributed by atoms with Crippen molar-refractivity contribution in [2.45, 2.75) is 46.1 Å². The standard InChI is InChI=1S/C15H22ClNO2/c1-4-10(3)6-11(5-2)17-13-8-15-14(7-12(13)16)18-9-19-15/h7-8,10-11,17H,4-6,9H2,1-3H3. The second-order valence-corrected chi connectivity index (χ2v) is 5.59. The second kappa shape index (κ2) is 6.38. The van der Waals surface area contributed by atoms with Crippen molar-refractivity contribution in [2.24, 2.45) is 5.92 Å². The van der Waals surface area contributed by atoms with Crippen LogP contribution in [0.25, 0.3) is 0 Å². The van der Waals surface area contributed by atoms with E-state index < -0.39 is 0 Å². The number of benzene rings is 1. The zero-order valence-corrected chi connectivity index (χ0v) is 12.6. The number of rotatable bonds is 6. The zero-order valence-electron chi connectivity index (χ0n) is 11.8. The number of ether oxygens (including phenoxy) is 2. The molecule has 3 nitrogen and oxygen atoms in total. The predicted octanol–water partition coefficient (Wildman–Crippen LogP) is 4.70. The van der Waals surface area contributed by atoms with Crippen molar-refractivity contribution in [1.29, 1.82) is 0 Å². The maximum Gasteiger partial charge on any atom is 0.231 e. The summed E-state index contributed by atoms with van der Waals surface area (Å²) in [5, 5.41) is 4.21. The largest absolute Gasteiger partial charge is 0.454 e. The summed E-state index contributed by atoms with van der Waals surface area (Å²) in [5.41, 5.74) is 0.932. The molecule has 0 bridgehead atoms. The Morgan fingerprint density at radius 2 is 1.89 bits per heavy atom. The minimum absolute atomic E-state index is 0.277. The van der Waals surface area contributed by atoms with E-state index in [0.29, 0.717) is 17.0 Å². The molecular formula is C15H22ClNO2. The van der Waals surface area contributed by atoms with E-state index in [4.69, 9.17) is 21.1 Å². The van der Waals surface area contributed by atoms with Crippen molar-refractivity contribution >= 4 is 17.3 Å². The molecule has 0 spiro atoms. The van der Waals surface area contributed by atoms with Gasteiger partial charge in [-0.25, -0.2) is 0 Å². The van der Waals surface area contributed by atoms with Crippen LogP contribution in [0.1, 0.15) is 40.0 Å². The lowest BCUT2D eigenvalue weighted by Gasteiger charge is -2.22. The maximum atomic E-state index is 6.28. The molecule has 1 aromatic rings. The Kier molecular flexibility index (Phi) is 4.81. The van der Waals surface area contributed by atoms with Gasteiger partial charge in [0.2, 0.25) is 6.79 Å². The minimum Gasteiger partial charge on any atom is -0.454 e. The SMILES string of the molecule is CCC(C)CC(CC)Nc1cc2c(cc1Cl)OCO2. The van der Waals surface area contributed by atoms with E-state index in [1.165, 1.54) is 6.42 Å². The molecule has 106 valence electrons. The van der Waals surface area contributed by atoms with Crippen molar-refractivity contribution in [3.05, 3.63) is 17.2 Å². The van der Waals surface area contributed by atoms with Crippen LogP contribution in [0.4, 0.5) is 5.69 Å². The molecular weight excluding hydrogens is 262 g/mol. The van der Waals surface area contributed by atoms with Gasteiger partial charge in [0.1, 0.15) is 0 Å². The van der Waals surface area contributed by atoms with E-state index in [1.54, 1.807) is 0 Å². The first kappa shape index (κ1) is 14.3. The van der Waals surface area contributed by atoms with Crippen molar-refractivity contribution in [2.75, 3.05) is 12.1 Å². The summed E-state index contributed by atoms with van der Waals surface area (Å²) in [4.78, 5) is 0. The molecule has 1 heterocycles. The van der Waals surface area contributed by atoms with Gasteiger partial charge in [0, 0.05) is 18.2 Å². The first-order valence-corrected chi connectivity index (χ1v) is 7.37. The first-order valence-electron chi connectivity index (χ1n) is 6.99. The average molecular weight is 284 g/mol. The van der Waals surface area contributed by atoms with Gasteiger partial charge < -0.3 is 14.8 Å². The minimum atomic E-state index is 0.277. The van der Waals surface area contributed by atoms with E-state index in [-0.39, 0.29) is 6.79 Å². The fourth-order valence-electron chi connectivity index (χ4n) is 2.23. The van der Waals surface area contributed by atoms with Crippen molar-refractivity contribution in [1.82, 2.24) is 0 Å². The van der Waals surface area contributed by atoms with Crippen LogP contribution in [0, 0.1) is 5.92 Å². The monoisotopic (exact) mass is 283 g/mol. The fraction of sp³-hybridized carbons (Fsp3) is 0.600. The summed E-state index contributed by atoms with van der Waals surface area (Å²) in [6.07, 6.45) is 3.43. The van der Waals surface area contributed by atoms with Gasteiger partial charge in [0.15, 0.2) is 11.5 Å². The van der Waals surface area contributed by atoms with Crippen LogP contribution in [0.3, 0.4) is 0 Å². The Balaban J connectivity index is 2.09. The van der Waals surface area contributed by atoms with Gasteiger partial charge in [-0.15, -0.1) is 0 Å². The van der Waals surface area contributed by atoms with Gasteiger partial charge in [-0.1, -0.05) is 38.8 Å². The molecule has 19 heavy (non-hydrogen) atoms. The molecule has 2 unspecified atom stereocenters. The summed E-state index contributed by atoms with van der Waals surface area (Å²) < 4.78 is 10.7. The lowest BCUT2D eigenvalue weighted by Crippen LogP contribution is -2.21. The summed E-state index contributed by atoms with van der Waals surface area (Å²) >= 11 is 6.28. The summed E-state index contributed by atoms with van der Waals surface area (Å²) in [5.74, 6) is 2.21. The van der Waals surface area contributed by atoms with E-state index in [1.807, 2.05) is 12.1 Å². The number of anilines is 1. The molecule has 4 heteroatoms. The number of nitrogens with one attached hydrogen (secondary N) is 1. The van der Waals surface area contributed by atoms with Crippen LogP contribution in [0.5, 0.6) is 11.5 Å². The van der Waals surface area contributed by atoms with Crippen LogP contribution in [0.15, 0.2) is 12.1 Å². The van der Waals surface area contributed by atoms with Crippen LogP contribution in [0.2, 0.25) is 5.02 Å². The number of hydrogen-bond acceptors (Lipinski definition) is 3. The Labute approximate surface area is 120 Å².